The summed E-state index contributed by atoms with van der Waals surface area (Å²) >= 11 is 0. The number of allylic oxidation sites excluding steroid dienone is 2. The predicted octanol–water partition coefficient (Wildman–Crippen LogP) is 1.25. The molecule has 0 aliphatic rings. The molecule has 0 aliphatic heterocycles. The van der Waals surface area contributed by atoms with Crippen LogP contribution in [0.25, 0.3) is 0 Å². The Morgan fingerprint density at radius 1 is 1.67 bits per heavy atom. The minimum absolute atomic E-state index is 0.623. The van der Waals surface area contributed by atoms with E-state index in [-0.39, 0.29) is 0 Å². The van der Waals surface area contributed by atoms with Crippen molar-refractivity contribution in [2.24, 2.45) is 0 Å². The van der Waals surface area contributed by atoms with E-state index in [1.807, 2.05) is 0 Å². The second kappa shape index (κ2) is 2.97. The number of rotatable bonds is 2. The van der Waals surface area contributed by atoms with Crippen LogP contribution in [0.4, 0.5) is 0 Å². The standard InChI is InChI=1S/C5H9O3P/c1-5(2)3-4-9(6,7)8/h3-4H,1H2,2H3,(H2,6,7,8)/b4-3+. The highest BCUT2D eigenvalue weighted by Crippen LogP contribution is 2.36. The highest BCUT2D eigenvalue weighted by atomic mass is 31.2. The van der Waals surface area contributed by atoms with Gasteiger partial charge in [0.15, 0.2) is 0 Å². The molecule has 0 radical (unpaired) electrons. The molecule has 0 unspecified atom stereocenters. The van der Waals surface area contributed by atoms with Crippen molar-refractivity contribution in [1.29, 1.82) is 0 Å². The van der Waals surface area contributed by atoms with Crippen molar-refractivity contribution in [3.8, 4) is 0 Å². The third-order valence-corrected chi connectivity index (χ3v) is 1.09. The Labute approximate surface area is 53.9 Å². The van der Waals surface area contributed by atoms with E-state index in [1.54, 1.807) is 6.92 Å². The minimum atomic E-state index is -3.96. The Kier molecular flexibility index (Phi) is 2.85. The molecule has 0 atom stereocenters. The highest BCUT2D eigenvalue weighted by Gasteiger charge is 2.03. The summed E-state index contributed by atoms with van der Waals surface area (Å²) in [4.78, 5) is 16.5. The minimum Gasteiger partial charge on any atom is -0.321 e. The van der Waals surface area contributed by atoms with Gasteiger partial charge in [-0.05, 0) is 6.92 Å². The van der Waals surface area contributed by atoms with E-state index < -0.39 is 7.60 Å². The summed E-state index contributed by atoms with van der Waals surface area (Å²) in [6, 6.07) is 0. The Bertz CT molecular complexity index is 177. The monoisotopic (exact) mass is 148 g/mol. The SMILES string of the molecule is C=C(C)/C=C/P(=O)(O)O. The highest BCUT2D eigenvalue weighted by molar-refractivity contribution is 7.55. The van der Waals surface area contributed by atoms with Crippen LogP contribution in [0.3, 0.4) is 0 Å². The van der Waals surface area contributed by atoms with E-state index in [0.717, 1.165) is 5.82 Å². The normalized spacial score (nSPS) is 12.3. The van der Waals surface area contributed by atoms with Crippen LogP contribution in [0.15, 0.2) is 24.0 Å². The lowest BCUT2D eigenvalue weighted by atomic mass is 10.4. The van der Waals surface area contributed by atoms with Gasteiger partial charge in [-0.25, -0.2) is 0 Å². The number of hydrogen-bond acceptors (Lipinski definition) is 1. The quantitative estimate of drug-likeness (QED) is 0.457. The molecular weight excluding hydrogens is 139 g/mol. The second-order valence-electron chi connectivity index (χ2n) is 1.75. The van der Waals surface area contributed by atoms with Crippen LogP contribution in [0.2, 0.25) is 0 Å². The van der Waals surface area contributed by atoms with E-state index in [2.05, 4.69) is 6.58 Å². The van der Waals surface area contributed by atoms with Gasteiger partial charge >= 0.3 is 7.60 Å². The van der Waals surface area contributed by atoms with Crippen molar-refractivity contribution in [3.05, 3.63) is 24.0 Å². The Balaban J connectivity index is 4.02. The maximum atomic E-state index is 10.1. The summed E-state index contributed by atoms with van der Waals surface area (Å²) in [6.45, 7) is 5.09. The Morgan fingerprint density at radius 3 is 2.22 bits per heavy atom. The molecule has 0 fully saturated rings. The summed E-state index contributed by atoms with van der Waals surface area (Å²) < 4.78 is 10.1. The van der Waals surface area contributed by atoms with Crippen LogP contribution in [-0.2, 0) is 4.57 Å². The second-order valence-corrected chi connectivity index (χ2v) is 3.23. The van der Waals surface area contributed by atoms with E-state index in [0.29, 0.717) is 5.57 Å². The van der Waals surface area contributed by atoms with E-state index in [9.17, 15) is 4.57 Å². The van der Waals surface area contributed by atoms with Crippen LogP contribution >= 0.6 is 7.60 Å². The van der Waals surface area contributed by atoms with E-state index >= 15 is 0 Å². The summed E-state index contributed by atoms with van der Waals surface area (Å²) in [6.07, 6.45) is 1.29. The van der Waals surface area contributed by atoms with Gasteiger partial charge in [0, 0.05) is 5.82 Å². The lowest BCUT2D eigenvalue weighted by molar-refractivity contribution is 0.386. The number of hydrogen-bond donors (Lipinski definition) is 2. The van der Waals surface area contributed by atoms with E-state index in [4.69, 9.17) is 9.79 Å². The summed E-state index contributed by atoms with van der Waals surface area (Å²) in [5, 5.41) is 0. The van der Waals surface area contributed by atoms with Crippen LogP contribution in [-0.4, -0.2) is 9.79 Å². The van der Waals surface area contributed by atoms with Crippen molar-refractivity contribution in [2.75, 3.05) is 0 Å². The van der Waals surface area contributed by atoms with Gasteiger partial charge in [-0.15, -0.1) is 0 Å². The van der Waals surface area contributed by atoms with Crippen molar-refractivity contribution >= 4 is 7.60 Å². The average Bonchev–Trinajstić information content (AvgIpc) is 1.59. The molecule has 0 rings (SSSR count). The molecule has 9 heavy (non-hydrogen) atoms. The topological polar surface area (TPSA) is 57.5 Å². The van der Waals surface area contributed by atoms with Crippen molar-refractivity contribution < 1.29 is 14.4 Å². The molecule has 0 aromatic rings. The smallest absolute Gasteiger partial charge is 0.321 e. The molecular formula is C5H9O3P. The van der Waals surface area contributed by atoms with Gasteiger partial charge in [-0.1, -0.05) is 18.2 Å². The first-order valence-electron chi connectivity index (χ1n) is 2.32. The maximum Gasteiger partial charge on any atom is 0.349 e. The van der Waals surface area contributed by atoms with Gasteiger partial charge in [0.25, 0.3) is 0 Å². The first kappa shape index (κ1) is 8.63. The molecule has 0 aromatic carbocycles. The van der Waals surface area contributed by atoms with Gasteiger partial charge in [-0.2, -0.15) is 0 Å². The molecule has 0 amide bonds. The van der Waals surface area contributed by atoms with Crippen LogP contribution in [0.5, 0.6) is 0 Å². The molecule has 0 heterocycles. The lowest BCUT2D eigenvalue weighted by Gasteiger charge is -1.92. The molecule has 0 bridgehead atoms. The van der Waals surface area contributed by atoms with Crippen LogP contribution < -0.4 is 0 Å². The molecule has 0 saturated carbocycles. The van der Waals surface area contributed by atoms with E-state index in [1.165, 1.54) is 6.08 Å². The fraction of sp³-hybridized carbons (Fsp3) is 0.200. The largest absolute Gasteiger partial charge is 0.349 e. The Hall–Kier alpha value is -0.370. The predicted molar refractivity (Wildman–Crippen MR) is 36.0 cm³/mol. The van der Waals surface area contributed by atoms with Crippen LogP contribution in [0.1, 0.15) is 6.92 Å². The molecule has 0 saturated heterocycles. The molecule has 0 spiro atoms. The first-order valence-corrected chi connectivity index (χ1v) is 4.00. The molecule has 4 heteroatoms. The molecule has 2 N–H and O–H groups in total. The first-order chi connectivity index (χ1) is 3.92. The fourth-order valence-corrected chi connectivity index (χ4v) is 0.673. The lowest BCUT2D eigenvalue weighted by Crippen LogP contribution is -1.68. The molecule has 0 aromatic heterocycles. The fourth-order valence-electron chi connectivity index (χ4n) is 0.224. The Morgan fingerprint density at radius 2 is 2.11 bits per heavy atom. The van der Waals surface area contributed by atoms with Gasteiger partial charge < -0.3 is 9.79 Å². The summed E-state index contributed by atoms with van der Waals surface area (Å²) in [5.41, 5.74) is 0.623. The maximum absolute atomic E-state index is 10.1. The van der Waals surface area contributed by atoms with Crippen molar-refractivity contribution in [3.63, 3.8) is 0 Å². The van der Waals surface area contributed by atoms with Gasteiger partial charge in [0.1, 0.15) is 0 Å². The average molecular weight is 148 g/mol. The zero-order valence-electron chi connectivity index (χ0n) is 5.11. The zero-order chi connectivity index (χ0) is 7.49. The molecule has 3 nitrogen and oxygen atoms in total. The summed E-state index contributed by atoms with van der Waals surface area (Å²) in [5.74, 6) is 0.829. The van der Waals surface area contributed by atoms with Gasteiger partial charge in [0.05, 0.1) is 0 Å². The molecule has 52 valence electrons. The molecule has 0 aliphatic carbocycles. The zero-order valence-corrected chi connectivity index (χ0v) is 6.01. The van der Waals surface area contributed by atoms with Gasteiger partial charge in [0.2, 0.25) is 0 Å². The van der Waals surface area contributed by atoms with Crippen LogP contribution in [0, 0.1) is 0 Å². The van der Waals surface area contributed by atoms with Crippen molar-refractivity contribution in [2.45, 2.75) is 6.92 Å². The third-order valence-electron chi connectivity index (χ3n) is 0.553. The van der Waals surface area contributed by atoms with Gasteiger partial charge in [-0.3, -0.25) is 4.57 Å². The van der Waals surface area contributed by atoms with Crippen molar-refractivity contribution in [1.82, 2.24) is 0 Å². The summed E-state index contributed by atoms with van der Waals surface area (Å²) in [7, 11) is -3.96. The third kappa shape index (κ3) is 7.63.